The quantitative estimate of drug-likeness (QED) is 0.785. The Labute approximate surface area is 172 Å². The van der Waals surface area contributed by atoms with Crippen molar-refractivity contribution in [2.75, 3.05) is 32.4 Å². The molecule has 3 heterocycles. The molecule has 156 valence electrons. The lowest BCUT2D eigenvalue weighted by molar-refractivity contribution is -0.127. The summed E-state index contributed by atoms with van der Waals surface area (Å²) in [6.07, 6.45) is 5.87. The zero-order valence-corrected chi connectivity index (χ0v) is 18.1. The van der Waals surface area contributed by atoms with Crippen LogP contribution in [0.15, 0.2) is 16.5 Å². The molecule has 28 heavy (non-hydrogen) atoms. The summed E-state index contributed by atoms with van der Waals surface area (Å²) in [5.74, 6) is 2.47. The van der Waals surface area contributed by atoms with Crippen LogP contribution in [0.3, 0.4) is 0 Å². The summed E-state index contributed by atoms with van der Waals surface area (Å²) in [6.45, 7) is 7.52. The van der Waals surface area contributed by atoms with E-state index in [1.165, 1.54) is 0 Å². The van der Waals surface area contributed by atoms with Gasteiger partial charge in [-0.1, -0.05) is 0 Å². The van der Waals surface area contributed by atoms with Crippen molar-refractivity contribution in [3.63, 3.8) is 0 Å². The molecule has 0 spiro atoms. The maximum absolute atomic E-state index is 12.7. The highest BCUT2D eigenvalue weighted by atomic mass is 32.2. The Kier molecular flexibility index (Phi) is 7.46. The number of nitrogens with one attached hydrogen (secondary N) is 1. The largest absolute Gasteiger partial charge is 0.455 e. The molecule has 0 bridgehead atoms. The van der Waals surface area contributed by atoms with Gasteiger partial charge in [0.25, 0.3) is 5.91 Å². The normalized spacial score (nSPS) is 19.9. The molecule has 0 saturated carbocycles. The summed E-state index contributed by atoms with van der Waals surface area (Å²) in [4.78, 5) is 29.3. The number of carbonyl (C=O) groups excluding carboxylic acids is 2. The molecule has 2 aliphatic rings. The van der Waals surface area contributed by atoms with Gasteiger partial charge in [-0.25, -0.2) is 0 Å². The topological polar surface area (TPSA) is 65.8 Å². The fraction of sp³-hybridized carbons (Fsp3) is 0.714. The van der Waals surface area contributed by atoms with Gasteiger partial charge in [0.05, 0.1) is 5.75 Å². The van der Waals surface area contributed by atoms with E-state index >= 15 is 0 Å². The van der Waals surface area contributed by atoms with E-state index < -0.39 is 0 Å². The molecule has 0 radical (unpaired) electrons. The standard InChI is InChI=1S/C21H33N3O3S/c1-15(2)22-20(25)16-6-10-23(11-7-16)17-8-12-24(13-9-17)21(26)19-5-4-18(27-19)14-28-3/h4-5,15-17H,6-14H2,1-3H3,(H,22,25). The minimum Gasteiger partial charge on any atom is -0.455 e. The summed E-state index contributed by atoms with van der Waals surface area (Å²) in [5.41, 5.74) is 0. The Morgan fingerprint density at radius 1 is 1.14 bits per heavy atom. The van der Waals surface area contributed by atoms with Crippen LogP contribution in [0.25, 0.3) is 0 Å². The molecule has 0 unspecified atom stereocenters. The summed E-state index contributed by atoms with van der Waals surface area (Å²) < 4.78 is 5.68. The van der Waals surface area contributed by atoms with E-state index in [9.17, 15) is 9.59 Å². The van der Waals surface area contributed by atoms with Crippen LogP contribution in [0, 0.1) is 5.92 Å². The molecule has 6 nitrogen and oxygen atoms in total. The molecular weight excluding hydrogens is 374 g/mol. The highest BCUT2D eigenvalue weighted by molar-refractivity contribution is 7.97. The second-order valence-electron chi connectivity index (χ2n) is 8.20. The fourth-order valence-electron chi connectivity index (χ4n) is 4.23. The maximum Gasteiger partial charge on any atom is 0.289 e. The number of hydrogen-bond acceptors (Lipinski definition) is 5. The van der Waals surface area contributed by atoms with Gasteiger partial charge in [-0.05, 0) is 71.0 Å². The number of carbonyl (C=O) groups is 2. The van der Waals surface area contributed by atoms with Crippen molar-refractivity contribution >= 4 is 23.6 Å². The lowest BCUT2D eigenvalue weighted by Crippen LogP contribution is -2.50. The van der Waals surface area contributed by atoms with Crippen molar-refractivity contribution in [2.45, 2.75) is 57.4 Å². The zero-order valence-electron chi connectivity index (χ0n) is 17.3. The third-order valence-corrected chi connectivity index (χ3v) is 6.33. The number of likely N-dealkylation sites (tertiary alicyclic amines) is 2. The molecule has 7 heteroatoms. The van der Waals surface area contributed by atoms with Crippen molar-refractivity contribution in [1.29, 1.82) is 0 Å². The van der Waals surface area contributed by atoms with Crippen molar-refractivity contribution in [2.24, 2.45) is 5.92 Å². The van der Waals surface area contributed by atoms with Crippen molar-refractivity contribution in [3.8, 4) is 0 Å². The highest BCUT2D eigenvalue weighted by Gasteiger charge is 2.32. The molecule has 2 aliphatic heterocycles. The van der Waals surface area contributed by atoms with Crippen LogP contribution in [0.2, 0.25) is 0 Å². The van der Waals surface area contributed by atoms with Crippen LogP contribution in [0.5, 0.6) is 0 Å². The smallest absolute Gasteiger partial charge is 0.289 e. The van der Waals surface area contributed by atoms with Crippen LogP contribution in [-0.4, -0.2) is 66.1 Å². The Hall–Kier alpha value is -1.47. The van der Waals surface area contributed by atoms with E-state index in [1.54, 1.807) is 17.8 Å². The van der Waals surface area contributed by atoms with E-state index in [-0.39, 0.29) is 23.8 Å². The Balaban J connectivity index is 1.44. The van der Waals surface area contributed by atoms with E-state index in [0.29, 0.717) is 11.8 Å². The lowest BCUT2D eigenvalue weighted by atomic mass is 9.92. The predicted molar refractivity (Wildman–Crippen MR) is 112 cm³/mol. The first kappa shape index (κ1) is 21.2. The van der Waals surface area contributed by atoms with Gasteiger partial charge in [0, 0.05) is 31.1 Å². The summed E-state index contributed by atoms with van der Waals surface area (Å²) in [7, 11) is 0. The minimum absolute atomic E-state index is 0.00914. The van der Waals surface area contributed by atoms with Crippen molar-refractivity contribution in [1.82, 2.24) is 15.1 Å². The van der Waals surface area contributed by atoms with E-state index in [1.807, 2.05) is 31.1 Å². The number of hydrogen-bond donors (Lipinski definition) is 1. The number of thioether (sulfide) groups is 1. The molecule has 2 amide bonds. The molecule has 3 rings (SSSR count). The Morgan fingerprint density at radius 2 is 1.82 bits per heavy atom. The highest BCUT2D eigenvalue weighted by Crippen LogP contribution is 2.25. The van der Waals surface area contributed by atoms with E-state index in [0.717, 1.165) is 63.4 Å². The van der Waals surface area contributed by atoms with Gasteiger partial charge in [0.2, 0.25) is 5.91 Å². The number of piperidine rings is 2. The predicted octanol–water partition coefficient (Wildman–Crippen LogP) is 2.98. The molecule has 1 aromatic rings. The van der Waals surface area contributed by atoms with Crippen LogP contribution in [-0.2, 0) is 10.5 Å². The van der Waals surface area contributed by atoms with Gasteiger partial charge in [0.15, 0.2) is 5.76 Å². The van der Waals surface area contributed by atoms with Gasteiger partial charge in [-0.3, -0.25) is 9.59 Å². The molecule has 2 saturated heterocycles. The van der Waals surface area contributed by atoms with Gasteiger partial charge >= 0.3 is 0 Å². The molecule has 0 aromatic carbocycles. The van der Waals surface area contributed by atoms with Crippen LogP contribution in [0.1, 0.15) is 55.8 Å². The summed E-state index contributed by atoms with van der Waals surface area (Å²) in [5, 5.41) is 3.04. The second kappa shape index (κ2) is 9.83. The molecule has 2 fully saturated rings. The summed E-state index contributed by atoms with van der Waals surface area (Å²) >= 11 is 1.69. The van der Waals surface area contributed by atoms with Crippen LogP contribution < -0.4 is 5.32 Å². The zero-order chi connectivity index (χ0) is 20.1. The average Bonchev–Trinajstić information content (AvgIpc) is 3.16. The van der Waals surface area contributed by atoms with Crippen LogP contribution >= 0.6 is 11.8 Å². The third kappa shape index (κ3) is 5.32. The first-order valence-electron chi connectivity index (χ1n) is 10.4. The Morgan fingerprint density at radius 3 is 2.43 bits per heavy atom. The van der Waals surface area contributed by atoms with Crippen LogP contribution in [0.4, 0.5) is 0 Å². The second-order valence-corrected chi connectivity index (χ2v) is 9.06. The number of nitrogens with zero attached hydrogens (tertiary/aromatic N) is 2. The lowest BCUT2D eigenvalue weighted by Gasteiger charge is -2.41. The fourth-order valence-corrected chi connectivity index (χ4v) is 4.67. The average molecular weight is 408 g/mol. The van der Waals surface area contributed by atoms with E-state index in [4.69, 9.17) is 4.42 Å². The molecular formula is C21H33N3O3S. The first-order chi connectivity index (χ1) is 13.5. The van der Waals surface area contributed by atoms with Gasteiger partial charge in [0.1, 0.15) is 5.76 Å². The molecule has 1 N–H and O–H groups in total. The molecule has 0 aliphatic carbocycles. The summed E-state index contributed by atoms with van der Waals surface area (Å²) in [6, 6.07) is 4.42. The van der Waals surface area contributed by atoms with E-state index in [2.05, 4.69) is 10.2 Å². The van der Waals surface area contributed by atoms with Gasteiger partial charge < -0.3 is 19.5 Å². The molecule has 1 aromatic heterocycles. The number of amides is 2. The first-order valence-corrected chi connectivity index (χ1v) is 11.8. The maximum atomic E-state index is 12.7. The van der Waals surface area contributed by atoms with Gasteiger partial charge in [-0.15, -0.1) is 0 Å². The monoisotopic (exact) mass is 407 g/mol. The molecule has 0 atom stereocenters. The van der Waals surface area contributed by atoms with Gasteiger partial charge in [-0.2, -0.15) is 11.8 Å². The minimum atomic E-state index is 0.00914. The third-order valence-electron chi connectivity index (χ3n) is 5.76. The number of furan rings is 1. The number of rotatable bonds is 6. The van der Waals surface area contributed by atoms with Crippen molar-refractivity contribution < 1.29 is 14.0 Å². The van der Waals surface area contributed by atoms with Crippen molar-refractivity contribution in [3.05, 3.63) is 23.7 Å². The SMILES string of the molecule is CSCc1ccc(C(=O)N2CCC(N3CCC(C(=O)NC(C)C)CC3)CC2)o1. The Bertz CT molecular complexity index is 660.